The van der Waals surface area contributed by atoms with E-state index in [1.54, 1.807) is 0 Å². The zero-order valence-corrected chi connectivity index (χ0v) is 8.22. The van der Waals surface area contributed by atoms with Crippen LogP contribution in [-0.2, 0) is 12.7 Å². The molecule has 17 heavy (non-hydrogen) atoms. The van der Waals surface area contributed by atoms with Gasteiger partial charge in [0.05, 0.1) is 5.56 Å². The summed E-state index contributed by atoms with van der Waals surface area (Å²) >= 11 is 0. The summed E-state index contributed by atoms with van der Waals surface area (Å²) in [6, 6.07) is 1.99. The Morgan fingerprint density at radius 2 is 2.00 bits per heavy atom. The third kappa shape index (κ3) is 2.68. The van der Waals surface area contributed by atoms with Gasteiger partial charge in [0.1, 0.15) is 11.8 Å². The molecule has 1 aromatic rings. The van der Waals surface area contributed by atoms with Crippen LogP contribution in [0.25, 0.3) is 0 Å². The molecule has 1 rings (SSSR count). The van der Waals surface area contributed by atoms with Crippen LogP contribution in [-0.4, -0.2) is 4.98 Å². The van der Waals surface area contributed by atoms with E-state index in [2.05, 4.69) is 4.98 Å². The molecule has 1 aromatic heterocycles. The summed E-state index contributed by atoms with van der Waals surface area (Å²) in [4.78, 5) is 2.77. The van der Waals surface area contributed by atoms with Gasteiger partial charge < -0.3 is 5.73 Å². The molecule has 0 fully saturated rings. The molecule has 3 nitrogen and oxygen atoms in total. The molecule has 0 atom stereocenters. The van der Waals surface area contributed by atoms with E-state index in [9.17, 15) is 22.0 Å². The highest BCUT2D eigenvalue weighted by atomic mass is 19.4. The van der Waals surface area contributed by atoms with Crippen LogP contribution in [0.2, 0.25) is 0 Å². The molecule has 0 spiro atoms. The van der Waals surface area contributed by atoms with Crippen molar-refractivity contribution in [1.29, 1.82) is 5.26 Å². The maximum absolute atomic E-state index is 12.5. The minimum absolute atomic E-state index is 0.301. The SMILES string of the molecule is N#Cc1c(CN)cc(C(F)F)nc1C(F)(F)F. The van der Waals surface area contributed by atoms with E-state index in [1.807, 2.05) is 0 Å². The van der Waals surface area contributed by atoms with Gasteiger partial charge in [-0.2, -0.15) is 18.4 Å². The molecule has 0 aliphatic heterocycles. The molecular weight excluding hydrogens is 245 g/mol. The van der Waals surface area contributed by atoms with Gasteiger partial charge in [0.15, 0.2) is 5.69 Å². The lowest BCUT2D eigenvalue weighted by Gasteiger charge is -2.12. The second-order valence-electron chi connectivity index (χ2n) is 3.04. The van der Waals surface area contributed by atoms with Gasteiger partial charge in [0.25, 0.3) is 6.43 Å². The first-order valence-electron chi connectivity index (χ1n) is 4.30. The van der Waals surface area contributed by atoms with Crippen molar-refractivity contribution < 1.29 is 22.0 Å². The number of aromatic nitrogens is 1. The van der Waals surface area contributed by atoms with Crippen LogP contribution in [0.3, 0.4) is 0 Å². The number of hydrogen-bond donors (Lipinski definition) is 1. The molecule has 0 aromatic carbocycles. The molecule has 0 aliphatic carbocycles. The van der Waals surface area contributed by atoms with Crippen molar-refractivity contribution in [2.24, 2.45) is 5.73 Å². The second-order valence-corrected chi connectivity index (χ2v) is 3.04. The number of halogens is 5. The summed E-state index contributed by atoms with van der Waals surface area (Å²) in [5, 5.41) is 8.59. The van der Waals surface area contributed by atoms with Crippen LogP contribution in [0.1, 0.15) is 28.9 Å². The predicted molar refractivity (Wildman–Crippen MR) is 46.8 cm³/mol. The van der Waals surface area contributed by atoms with Gasteiger partial charge in [-0.15, -0.1) is 0 Å². The van der Waals surface area contributed by atoms with Crippen molar-refractivity contribution >= 4 is 0 Å². The Morgan fingerprint density at radius 3 is 2.35 bits per heavy atom. The average molecular weight is 251 g/mol. The Morgan fingerprint density at radius 1 is 1.41 bits per heavy atom. The van der Waals surface area contributed by atoms with Gasteiger partial charge in [-0.1, -0.05) is 0 Å². The third-order valence-corrected chi connectivity index (χ3v) is 1.94. The largest absolute Gasteiger partial charge is 0.434 e. The monoisotopic (exact) mass is 251 g/mol. The van der Waals surface area contributed by atoms with Crippen LogP contribution >= 0.6 is 0 Å². The molecule has 1 heterocycles. The van der Waals surface area contributed by atoms with Gasteiger partial charge >= 0.3 is 6.18 Å². The van der Waals surface area contributed by atoms with Crippen molar-refractivity contribution in [3.05, 3.63) is 28.6 Å². The lowest BCUT2D eigenvalue weighted by atomic mass is 10.1. The molecule has 0 aliphatic rings. The molecule has 92 valence electrons. The van der Waals surface area contributed by atoms with Gasteiger partial charge in [-0.25, -0.2) is 13.8 Å². The van der Waals surface area contributed by atoms with Crippen molar-refractivity contribution in [3.8, 4) is 6.07 Å². The first kappa shape index (κ1) is 13.3. The number of hydrogen-bond acceptors (Lipinski definition) is 3. The normalized spacial score (nSPS) is 11.6. The Labute approximate surface area is 92.7 Å². The fraction of sp³-hybridized carbons (Fsp3) is 0.333. The Hall–Kier alpha value is -1.75. The van der Waals surface area contributed by atoms with Gasteiger partial charge in [-0.05, 0) is 11.6 Å². The van der Waals surface area contributed by atoms with Crippen molar-refractivity contribution in [2.45, 2.75) is 19.1 Å². The number of nitrogens with zero attached hydrogens (tertiary/aromatic N) is 2. The topological polar surface area (TPSA) is 62.7 Å². The molecule has 0 saturated heterocycles. The van der Waals surface area contributed by atoms with Gasteiger partial charge in [0, 0.05) is 6.54 Å². The lowest BCUT2D eigenvalue weighted by molar-refractivity contribution is -0.141. The smallest absolute Gasteiger partial charge is 0.326 e. The molecular formula is C9H6F5N3. The molecule has 0 bridgehead atoms. The quantitative estimate of drug-likeness (QED) is 0.820. The zero-order chi connectivity index (χ0) is 13.2. The summed E-state index contributed by atoms with van der Waals surface area (Å²) in [6.07, 6.45) is -8.13. The van der Waals surface area contributed by atoms with Gasteiger partial charge in [0.2, 0.25) is 0 Å². The number of pyridine rings is 1. The van der Waals surface area contributed by atoms with E-state index < -0.39 is 36.1 Å². The number of nitrogens with two attached hydrogens (primary N) is 1. The van der Waals surface area contributed by atoms with Crippen molar-refractivity contribution in [2.75, 3.05) is 0 Å². The fourth-order valence-corrected chi connectivity index (χ4v) is 1.22. The lowest BCUT2D eigenvalue weighted by Crippen LogP contribution is -2.16. The Bertz CT molecular complexity index is 461. The van der Waals surface area contributed by atoms with Crippen LogP contribution in [0.5, 0.6) is 0 Å². The first-order valence-corrected chi connectivity index (χ1v) is 4.30. The number of nitriles is 1. The van der Waals surface area contributed by atoms with E-state index in [0.29, 0.717) is 6.07 Å². The summed E-state index contributed by atoms with van der Waals surface area (Å²) < 4.78 is 62.2. The Balaban J connectivity index is 3.56. The minimum atomic E-state index is -4.97. The highest BCUT2D eigenvalue weighted by Crippen LogP contribution is 2.33. The van der Waals surface area contributed by atoms with E-state index in [1.165, 1.54) is 6.07 Å². The van der Waals surface area contributed by atoms with Crippen LogP contribution in [0.15, 0.2) is 6.07 Å². The maximum atomic E-state index is 12.5. The van der Waals surface area contributed by atoms with Gasteiger partial charge in [-0.3, -0.25) is 0 Å². The number of rotatable bonds is 2. The highest BCUT2D eigenvalue weighted by molar-refractivity contribution is 5.43. The van der Waals surface area contributed by atoms with Crippen LogP contribution < -0.4 is 5.73 Å². The summed E-state index contributed by atoms with van der Waals surface area (Å²) in [5.41, 5.74) is 1.33. The first-order chi connectivity index (χ1) is 7.81. The van der Waals surface area contributed by atoms with E-state index in [0.717, 1.165) is 0 Å². The molecule has 8 heteroatoms. The minimum Gasteiger partial charge on any atom is -0.326 e. The van der Waals surface area contributed by atoms with Crippen molar-refractivity contribution in [3.63, 3.8) is 0 Å². The van der Waals surface area contributed by atoms with Crippen LogP contribution in [0.4, 0.5) is 22.0 Å². The molecule has 0 saturated carbocycles. The Kier molecular flexibility index (Phi) is 3.63. The standard InChI is InChI=1S/C9H6F5N3/c10-8(11)6-1-4(2-15)5(3-16)7(17-6)9(12,13)14/h1,8H,2,15H2. The summed E-state index contributed by atoms with van der Waals surface area (Å²) in [5.74, 6) is 0. The van der Waals surface area contributed by atoms with Crippen molar-refractivity contribution in [1.82, 2.24) is 4.98 Å². The zero-order valence-electron chi connectivity index (χ0n) is 8.22. The number of alkyl halides is 5. The highest BCUT2D eigenvalue weighted by Gasteiger charge is 2.37. The third-order valence-electron chi connectivity index (χ3n) is 1.94. The molecule has 0 unspecified atom stereocenters. The molecule has 0 radical (unpaired) electrons. The molecule has 0 amide bonds. The summed E-state index contributed by atoms with van der Waals surface area (Å²) in [6.45, 7) is -0.450. The average Bonchev–Trinajstić information content (AvgIpc) is 2.25. The van der Waals surface area contributed by atoms with E-state index in [-0.39, 0.29) is 5.56 Å². The predicted octanol–water partition coefficient (Wildman–Crippen LogP) is 2.37. The fourth-order valence-electron chi connectivity index (χ4n) is 1.22. The second kappa shape index (κ2) is 4.63. The van der Waals surface area contributed by atoms with E-state index >= 15 is 0 Å². The maximum Gasteiger partial charge on any atom is 0.434 e. The van der Waals surface area contributed by atoms with E-state index in [4.69, 9.17) is 11.0 Å². The van der Waals surface area contributed by atoms with Crippen LogP contribution in [0, 0.1) is 11.3 Å². The summed E-state index contributed by atoms with van der Waals surface area (Å²) in [7, 11) is 0. The molecule has 2 N–H and O–H groups in total.